The van der Waals surface area contributed by atoms with Crippen LogP contribution in [0.5, 0.6) is 0 Å². The highest BCUT2D eigenvalue weighted by atomic mass is 79.9. The number of thiophene rings is 1. The molecular weight excluding hydrogens is 300 g/mol. The second kappa shape index (κ2) is 6.26. The Bertz CT molecular complexity index is 461. The molecule has 5 heteroatoms. The Labute approximate surface area is 113 Å². The van der Waals surface area contributed by atoms with Gasteiger partial charge < -0.3 is 10.4 Å². The molecule has 0 bridgehead atoms. The van der Waals surface area contributed by atoms with Crippen molar-refractivity contribution in [2.75, 3.05) is 6.54 Å². The smallest absolute Gasteiger partial charge is 0.101 e. The van der Waals surface area contributed by atoms with E-state index in [1.807, 2.05) is 30.3 Å². The molecular formula is C12H13BrN2OS. The lowest BCUT2D eigenvalue weighted by Gasteiger charge is -2.09. The van der Waals surface area contributed by atoms with Gasteiger partial charge in [0.15, 0.2) is 0 Å². The third kappa shape index (κ3) is 3.89. The summed E-state index contributed by atoms with van der Waals surface area (Å²) in [6, 6.07) is 9.68. The van der Waals surface area contributed by atoms with Crippen molar-refractivity contribution in [2.45, 2.75) is 12.6 Å². The summed E-state index contributed by atoms with van der Waals surface area (Å²) in [7, 11) is 0. The molecule has 1 unspecified atom stereocenters. The number of nitrogens with one attached hydrogen (secondary N) is 1. The van der Waals surface area contributed by atoms with Crippen molar-refractivity contribution in [3.05, 3.63) is 50.9 Å². The van der Waals surface area contributed by atoms with Gasteiger partial charge in [-0.2, -0.15) is 0 Å². The molecule has 2 aromatic heterocycles. The maximum Gasteiger partial charge on any atom is 0.101 e. The van der Waals surface area contributed by atoms with Crippen LogP contribution < -0.4 is 5.32 Å². The summed E-state index contributed by atoms with van der Waals surface area (Å²) < 4.78 is 1.04. The topological polar surface area (TPSA) is 45.1 Å². The second-order valence-electron chi connectivity index (χ2n) is 3.61. The average molecular weight is 313 g/mol. The highest BCUT2D eigenvalue weighted by Gasteiger charge is 2.09. The first-order chi connectivity index (χ1) is 8.25. The van der Waals surface area contributed by atoms with Gasteiger partial charge >= 0.3 is 0 Å². The molecule has 0 radical (unpaired) electrons. The van der Waals surface area contributed by atoms with Crippen LogP contribution in [0.2, 0.25) is 0 Å². The molecule has 0 aliphatic carbocycles. The van der Waals surface area contributed by atoms with E-state index in [1.54, 1.807) is 17.5 Å². The van der Waals surface area contributed by atoms with Crippen molar-refractivity contribution in [2.24, 2.45) is 0 Å². The van der Waals surface area contributed by atoms with Crippen LogP contribution in [0.3, 0.4) is 0 Å². The summed E-state index contributed by atoms with van der Waals surface area (Å²) in [6.45, 7) is 1.20. The maximum absolute atomic E-state index is 9.92. The van der Waals surface area contributed by atoms with Gasteiger partial charge in [-0.15, -0.1) is 11.3 Å². The van der Waals surface area contributed by atoms with Crippen molar-refractivity contribution < 1.29 is 5.11 Å². The quantitative estimate of drug-likeness (QED) is 0.892. The Kier molecular flexibility index (Phi) is 4.67. The molecule has 3 nitrogen and oxygen atoms in total. The molecule has 0 saturated heterocycles. The molecule has 2 N–H and O–H groups in total. The maximum atomic E-state index is 9.92. The van der Waals surface area contributed by atoms with Gasteiger partial charge in [-0.1, -0.05) is 6.07 Å². The van der Waals surface area contributed by atoms with Crippen molar-refractivity contribution in [1.29, 1.82) is 0 Å². The number of pyridine rings is 1. The number of aliphatic hydroxyl groups is 1. The summed E-state index contributed by atoms with van der Waals surface area (Å²) in [5.74, 6) is 0. The highest BCUT2D eigenvalue weighted by molar-refractivity contribution is 9.11. The molecule has 17 heavy (non-hydrogen) atoms. The zero-order chi connectivity index (χ0) is 12.1. The molecule has 0 saturated carbocycles. The van der Waals surface area contributed by atoms with Crippen LogP contribution >= 0.6 is 27.3 Å². The van der Waals surface area contributed by atoms with Gasteiger partial charge in [0.1, 0.15) is 6.10 Å². The van der Waals surface area contributed by atoms with E-state index < -0.39 is 6.10 Å². The third-order valence-corrected chi connectivity index (χ3v) is 4.02. The molecule has 2 aromatic rings. The number of halogens is 1. The molecule has 1 atom stereocenters. The van der Waals surface area contributed by atoms with Gasteiger partial charge in [0.25, 0.3) is 0 Å². The molecule has 0 spiro atoms. The minimum atomic E-state index is -0.463. The minimum Gasteiger partial charge on any atom is -0.386 e. The SMILES string of the molecule is OC(CNCc1ccccn1)c1ccc(Br)s1. The first kappa shape index (κ1) is 12.7. The van der Waals surface area contributed by atoms with Crippen LogP contribution in [0.1, 0.15) is 16.7 Å². The zero-order valence-corrected chi connectivity index (χ0v) is 11.5. The second-order valence-corrected chi connectivity index (χ2v) is 6.10. The lowest BCUT2D eigenvalue weighted by molar-refractivity contribution is 0.178. The van der Waals surface area contributed by atoms with Gasteiger partial charge in [-0.05, 0) is 40.2 Å². The van der Waals surface area contributed by atoms with Gasteiger partial charge in [-0.25, -0.2) is 0 Å². The van der Waals surface area contributed by atoms with Crippen molar-refractivity contribution in [3.63, 3.8) is 0 Å². The van der Waals surface area contributed by atoms with E-state index in [9.17, 15) is 5.11 Å². The normalized spacial score (nSPS) is 12.6. The predicted molar refractivity (Wildman–Crippen MR) is 72.9 cm³/mol. The van der Waals surface area contributed by atoms with E-state index in [2.05, 4.69) is 26.2 Å². The van der Waals surface area contributed by atoms with Crippen molar-refractivity contribution in [1.82, 2.24) is 10.3 Å². The number of rotatable bonds is 5. The number of hydrogen-bond donors (Lipinski definition) is 2. The summed E-state index contributed by atoms with van der Waals surface area (Å²) in [5.41, 5.74) is 0.979. The first-order valence-electron chi connectivity index (χ1n) is 5.29. The molecule has 0 fully saturated rings. The zero-order valence-electron chi connectivity index (χ0n) is 9.14. The lowest BCUT2D eigenvalue weighted by Crippen LogP contribution is -2.20. The molecule has 90 valence electrons. The molecule has 0 aliphatic heterocycles. The fraction of sp³-hybridized carbons (Fsp3) is 0.250. The minimum absolute atomic E-state index is 0.463. The van der Waals surface area contributed by atoms with E-state index in [-0.39, 0.29) is 0 Å². The van der Waals surface area contributed by atoms with Crippen LogP contribution in [0.25, 0.3) is 0 Å². The Morgan fingerprint density at radius 1 is 1.35 bits per heavy atom. The molecule has 0 aromatic carbocycles. The summed E-state index contributed by atoms with van der Waals surface area (Å²) in [5, 5.41) is 13.1. The summed E-state index contributed by atoms with van der Waals surface area (Å²) in [6.07, 6.45) is 1.30. The lowest BCUT2D eigenvalue weighted by atomic mass is 10.3. The van der Waals surface area contributed by atoms with E-state index in [1.165, 1.54) is 0 Å². The number of aliphatic hydroxyl groups excluding tert-OH is 1. The fourth-order valence-electron chi connectivity index (χ4n) is 1.45. The standard InChI is InChI=1S/C12H13BrN2OS/c13-12-5-4-11(17-12)10(16)8-14-7-9-3-1-2-6-15-9/h1-6,10,14,16H,7-8H2. The van der Waals surface area contributed by atoms with Gasteiger partial charge in [0.05, 0.1) is 9.48 Å². The van der Waals surface area contributed by atoms with Crippen LogP contribution in [-0.4, -0.2) is 16.6 Å². The van der Waals surface area contributed by atoms with Crippen molar-refractivity contribution in [3.8, 4) is 0 Å². The molecule has 0 amide bonds. The Morgan fingerprint density at radius 3 is 2.88 bits per heavy atom. The first-order valence-corrected chi connectivity index (χ1v) is 6.90. The van der Waals surface area contributed by atoms with E-state index in [4.69, 9.17) is 0 Å². The van der Waals surface area contributed by atoms with Gasteiger partial charge in [0, 0.05) is 24.2 Å². The van der Waals surface area contributed by atoms with Crippen LogP contribution in [0.4, 0.5) is 0 Å². The van der Waals surface area contributed by atoms with Crippen LogP contribution in [0.15, 0.2) is 40.3 Å². The Morgan fingerprint density at radius 2 is 2.24 bits per heavy atom. The van der Waals surface area contributed by atoms with E-state index in [0.717, 1.165) is 14.4 Å². The Hall–Kier alpha value is -0.750. The predicted octanol–water partition coefficient (Wildman–Crippen LogP) is 2.73. The third-order valence-electron chi connectivity index (χ3n) is 2.29. The summed E-state index contributed by atoms with van der Waals surface area (Å²) in [4.78, 5) is 5.17. The molecule has 0 aliphatic rings. The number of nitrogens with zero attached hydrogens (tertiary/aromatic N) is 1. The van der Waals surface area contributed by atoms with Crippen LogP contribution in [-0.2, 0) is 6.54 Å². The van der Waals surface area contributed by atoms with E-state index >= 15 is 0 Å². The van der Waals surface area contributed by atoms with E-state index in [0.29, 0.717) is 13.1 Å². The molecule has 2 rings (SSSR count). The Balaban J connectivity index is 1.79. The monoisotopic (exact) mass is 312 g/mol. The van der Waals surface area contributed by atoms with Crippen molar-refractivity contribution >= 4 is 27.3 Å². The largest absolute Gasteiger partial charge is 0.386 e. The average Bonchev–Trinajstić information content (AvgIpc) is 2.77. The number of hydrogen-bond acceptors (Lipinski definition) is 4. The highest BCUT2D eigenvalue weighted by Crippen LogP contribution is 2.26. The number of aromatic nitrogens is 1. The van der Waals surface area contributed by atoms with Gasteiger partial charge in [-0.3, -0.25) is 4.98 Å². The molecule has 2 heterocycles. The van der Waals surface area contributed by atoms with Crippen LogP contribution in [0, 0.1) is 0 Å². The summed E-state index contributed by atoms with van der Waals surface area (Å²) >= 11 is 4.94. The fourth-order valence-corrected chi connectivity index (χ4v) is 2.86. The van der Waals surface area contributed by atoms with Gasteiger partial charge in [0.2, 0.25) is 0 Å².